The number of fused-ring (bicyclic) bond motifs is 1. The van der Waals surface area contributed by atoms with Gasteiger partial charge < -0.3 is 9.84 Å². The Bertz CT molecular complexity index is 547. The van der Waals surface area contributed by atoms with E-state index in [1.807, 2.05) is 12.1 Å². The van der Waals surface area contributed by atoms with Gasteiger partial charge in [0.2, 0.25) is 0 Å². The van der Waals surface area contributed by atoms with E-state index in [1.165, 1.54) is 11.3 Å². The summed E-state index contributed by atoms with van der Waals surface area (Å²) in [6.45, 7) is 0. The molecule has 5 heteroatoms. The maximum Gasteiger partial charge on any atom is 0.345 e. The summed E-state index contributed by atoms with van der Waals surface area (Å²) >= 11 is 6.98. The summed E-state index contributed by atoms with van der Waals surface area (Å²) in [5.41, 5.74) is 0.921. The van der Waals surface area contributed by atoms with Crippen LogP contribution in [0.1, 0.15) is 15.2 Å². The molecule has 0 fully saturated rings. The van der Waals surface area contributed by atoms with Crippen molar-refractivity contribution in [3.63, 3.8) is 0 Å². The van der Waals surface area contributed by atoms with E-state index >= 15 is 0 Å². The first-order valence-corrected chi connectivity index (χ1v) is 5.90. The number of thiophene rings is 1. The van der Waals surface area contributed by atoms with E-state index in [2.05, 4.69) is 0 Å². The molecular formula is C11H9ClO3S. The number of ether oxygens (including phenoxy) is 1. The zero-order valence-electron chi connectivity index (χ0n) is 8.49. The number of carboxylic acid groups (broad SMARTS) is 1. The molecule has 1 heterocycles. The first-order chi connectivity index (χ1) is 7.65. The molecule has 0 spiro atoms. The molecule has 0 atom stereocenters. The largest absolute Gasteiger partial charge is 0.496 e. The van der Waals surface area contributed by atoms with Crippen LogP contribution in [0.15, 0.2) is 18.2 Å². The van der Waals surface area contributed by atoms with Crippen molar-refractivity contribution in [2.45, 2.75) is 5.88 Å². The molecule has 1 aromatic heterocycles. The standard InChI is InChI=1S/C11H9ClO3S/c1-15-8-2-6(5-12)3-9-7(8)4-10(16-9)11(13)14/h2-4H,5H2,1H3,(H,13,14). The van der Waals surface area contributed by atoms with Crippen LogP contribution >= 0.6 is 22.9 Å². The second-order valence-corrected chi connectivity index (χ2v) is 4.61. The van der Waals surface area contributed by atoms with Gasteiger partial charge in [-0.25, -0.2) is 4.79 Å². The summed E-state index contributed by atoms with van der Waals surface area (Å²) in [7, 11) is 1.56. The highest BCUT2D eigenvalue weighted by molar-refractivity contribution is 7.20. The second-order valence-electron chi connectivity index (χ2n) is 3.26. The Morgan fingerprint density at radius 2 is 2.25 bits per heavy atom. The third kappa shape index (κ3) is 1.86. The van der Waals surface area contributed by atoms with Crippen molar-refractivity contribution < 1.29 is 14.6 Å². The number of carbonyl (C=O) groups is 1. The van der Waals surface area contributed by atoms with Crippen LogP contribution in [0.2, 0.25) is 0 Å². The monoisotopic (exact) mass is 256 g/mol. The quantitative estimate of drug-likeness (QED) is 0.857. The smallest absolute Gasteiger partial charge is 0.345 e. The fourth-order valence-electron chi connectivity index (χ4n) is 1.51. The van der Waals surface area contributed by atoms with Crippen molar-refractivity contribution in [3.05, 3.63) is 28.6 Å². The number of alkyl halides is 1. The maximum atomic E-state index is 10.9. The van der Waals surface area contributed by atoms with Crippen LogP contribution in [0.25, 0.3) is 10.1 Å². The number of hydrogen-bond acceptors (Lipinski definition) is 3. The van der Waals surface area contributed by atoms with Gasteiger partial charge in [-0.2, -0.15) is 0 Å². The summed E-state index contributed by atoms with van der Waals surface area (Å²) in [6, 6.07) is 5.34. The summed E-state index contributed by atoms with van der Waals surface area (Å²) < 4.78 is 6.10. The molecule has 0 aliphatic rings. The number of methoxy groups -OCH3 is 1. The van der Waals surface area contributed by atoms with E-state index in [9.17, 15) is 4.79 Å². The molecule has 0 aliphatic carbocycles. The SMILES string of the molecule is COc1cc(CCl)cc2sc(C(=O)O)cc12. The highest BCUT2D eigenvalue weighted by Crippen LogP contribution is 2.34. The van der Waals surface area contributed by atoms with Gasteiger partial charge in [-0.05, 0) is 23.8 Å². The minimum Gasteiger partial charge on any atom is -0.496 e. The van der Waals surface area contributed by atoms with Crippen molar-refractivity contribution in [1.82, 2.24) is 0 Å². The molecular weight excluding hydrogens is 248 g/mol. The Morgan fingerprint density at radius 3 is 2.81 bits per heavy atom. The lowest BCUT2D eigenvalue weighted by Gasteiger charge is -2.03. The van der Waals surface area contributed by atoms with Crippen LogP contribution < -0.4 is 4.74 Å². The molecule has 3 nitrogen and oxygen atoms in total. The zero-order chi connectivity index (χ0) is 11.7. The van der Waals surface area contributed by atoms with Crippen molar-refractivity contribution >= 4 is 39.0 Å². The van der Waals surface area contributed by atoms with Gasteiger partial charge in [0, 0.05) is 16.0 Å². The van der Waals surface area contributed by atoms with Gasteiger partial charge in [-0.15, -0.1) is 22.9 Å². The Hall–Kier alpha value is -1.26. The number of rotatable bonds is 3. The lowest BCUT2D eigenvalue weighted by atomic mass is 10.1. The highest BCUT2D eigenvalue weighted by Gasteiger charge is 2.12. The van der Waals surface area contributed by atoms with Gasteiger partial charge in [-0.1, -0.05) is 0 Å². The molecule has 0 amide bonds. The predicted molar refractivity (Wildman–Crippen MR) is 64.9 cm³/mol. The second kappa shape index (κ2) is 4.31. The fraction of sp³-hybridized carbons (Fsp3) is 0.182. The highest BCUT2D eigenvalue weighted by atomic mass is 35.5. The van der Waals surface area contributed by atoms with Crippen LogP contribution in [-0.2, 0) is 5.88 Å². The molecule has 1 aromatic carbocycles. The lowest BCUT2D eigenvalue weighted by Crippen LogP contribution is -1.89. The normalized spacial score (nSPS) is 10.6. The molecule has 0 saturated carbocycles. The Balaban J connectivity index is 2.69. The van der Waals surface area contributed by atoms with Gasteiger partial charge in [0.1, 0.15) is 10.6 Å². The Morgan fingerprint density at radius 1 is 1.50 bits per heavy atom. The van der Waals surface area contributed by atoms with E-state index in [-0.39, 0.29) is 0 Å². The first-order valence-electron chi connectivity index (χ1n) is 4.55. The number of carboxylic acids is 1. The van der Waals surface area contributed by atoms with Crippen molar-refractivity contribution in [1.29, 1.82) is 0 Å². The Labute approximate surface area is 101 Å². The van der Waals surface area contributed by atoms with Gasteiger partial charge in [0.25, 0.3) is 0 Å². The fourth-order valence-corrected chi connectivity index (χ4v) is 2.65. The molecule has 16 heavy (non-hydrogen) atoms. The number of aromatic carboxylic acids is 1. The van der Waals surface area contributed by atoms with E-state index in [0.29, 0.717) is 16.5 Å². The van der Waals surface area contributed by atoms with Crippen LogP contribution in [0.4, 0.5) is 0 Å². The van der Waals surface area contributed by atoms with Crippen molar-refractivity contribution in [2.75, 3.05) is 7.11 Å². The molecule has 0 unspecified atom stereocenters. The number of benzene rings is 1. The molecule has 0 aliphatic heterocycles. The van der Waals surface area contributed by atoms with Gasteiger partial charge in [0.15, 0.2) is 0 Å². The van der Waals surface area contributed by atoms with Gasteiger partial charge >= 0.3 is 5.97 Å². The minimum atomic E-state index is -0.921. The predicted octanol–water partition coefficient (Wildman–Crippen LogP) is 3.35. The van der Waals surface area contributed by atoms with Crippen LogP contribution in [0, 0.1) is 0 Å². The van der Waals surface area contributed by atoms with E-state index in [4.69, 9.17) is 21.4 Å². The maximum absolute atomic E-state index is 10.9. The van der Waals surface area contributed by atoms with Crippen molar-refractivity contribution in [2.24, 2.45) is 0 Å². The van der Waals surface area contributed by atoms with Crippen LogP contribution in [0.5, 0.6) is 5.75 Å². The zero-order valence-corrected chi connectivity index (χ0v) is 10.1. The average molecular weight is 257 g/mol. The Kier molecular flexibility index (Phi) is 3.03. The molecule has 0 radical (unpaired) electrons. The third-order valence-corrected chi connectivity index (χ3v) is 3.62. The number of halogens is 1. The molecule has 84 valence electrons. The van der Waals surface area contributed by atoms with E-state index in [1.54, 1.807) is 13.2 Å². The number of hydrogen-bond donors (Lipinski definition) is 1. The molecule has 0 bridgehead atoms. The topological polar surface area (TPSA) is 46.5 Å². The van der Waals surface area contributed by atoms with Crippen molar-refractivity contribution in [3.8, 4) is 5.75 Å². The lowest BCUT2D eigenvalue weighted by molar-refractivity contribution is 0.0702. The summed E-state index contributed by atoms with van der Waals surface area (Å²) in [5.74, 6) is 0.125. The van der Waals surface area contributed by atoms with Gasteiger partial charge in [-0.3, -0.25) is 0 Å². The average Bonchev–Trinajstić information content (AvgIpc) is 2.71. The molecule has 2 aromatic rings. The van der Waals surface area contributed by atoms with Crippen LogP contribution in [0.3, 0.4) is 0 Å². The van der Waals surface area contributed by atoms with Gasteiger partial charge in [0.05, 0.1) is 7.11 Å². The van der Waals surface area contributed by atoms with E-state index < -0.39 is 5.97 Å². The molecule has 2 rings (SSSR count). The summed E-state index contributed by atoms with van der Waals surface area (Å²) in [5, 5.41) is 9.74. The molecule has 0 saturated heterocycles. The third-order valence-electron chi connectivity index (χ3n) is 2.24. The molecule has 1 N–H and O–H groups in total. The summed E-state index contributed by atoms with van der Waals surface area (Å²) in [4.78, 5) is 11.2. The van der Waals surface area contributed by atoms with E-state index in [0.717, 1.165) is 15.6 Å². The van der Waals surface area contributed by atoms with Crippen LogP contribution in [-0.4, -0.2) is 18.2 Å². The summed E-state index contributed by atoms with van der Waals surface area (Å²) in [6.07, 6.45) is 0. The minimum absolute atomic E-state index is 0.306. The first kappa shape index (κ1) is 11.2.